The normalized spacial score (nSPS) is 12.4. The molecule has 0 amide bonds. The summed E-state index contributed by atoms with van der Waals surface area (Å²) in [5, 5.41) is 1.02. The van der Waals surface area contributed by atoms with Crippen molar-refractivity contribution in [2.45, 2.75) is 32.7 Å². The lowest BCUT2D eigenvalue weighted by Crippen LogP contribution is -2.32. The number of aromatic nitrogens is 1. The van der Waals surface area contributed by atoms with Crippen LogP contribution in [0.4, 0.5) is 4.79 Å². The van der Waals surface area contributed by atoms with Gasteiger partial charge in [0.15, 0.2) is 0 Å². The molecular formula is C19H27N3O4. The Bertz CT molecular complexity index is 782. The molecule has 0 aliphatic heterocycles. The molecule has 0 bridgehead atoms. The molecule has 0 spiro atoms. The number of likely N-dealkylation sites (N-methyl/N-ethyl adjacent to an activating group) is 1. The minimum absolute atomic E-state index is 0.454. The SMILES string of the molecule is CCC(N)C(=O)OCOC(=O)n1cc(CCN(C)C)c2cc(C)ccc21. The smallest absolute Gasteiger partial charge is 0.421 e. The van der Waals surface area contributed by atoms with Crippen LogP contribution in [0.5, 0.6) is 0 Å². The van der Waals surface area contributed by atoms with Crippen LogP contribution in [0.15, 0.2) is 24.4 Å². The minimum atomic E-state index is -0.707. The van der Waals surface area contributed by atoms with Crippen molar-refractivity contribution in [3.05, 3.63) is 35.5 Å². The Balaban J connectivity index is 2.15. The highest BCUT2D eigenvalue weighted by Gasteiger charge is 2.17. The van der Waals surface area contributed by atoms with Gasteiger partial charge in [0.1, 0.15) is 6.04 Å². The van der Waals surface area contributed by atoms with Gasteiger partial charge in [0.25, 0.3) is 0 Å². The van der Waals surface area contributed by atoms with Crippen LogP contribution in [-0.4, -0.2) is 55.0 Å². The van der Waals surface area contributed by atoms with Crippen molar-refractivity contribution in [2.24, 2.45) is 5.73 Å². The number of hydrogen-bond donors (Lipinski definition) is 1. The highest BCUT2D eigenvalue weighted by Crippen LogP contribution is 2.24. The maximum Gasteiger partial charge on any atom is 0.421 e. The van der Waals surface area contributed by atoms with Gasteiger partial charge in [-0.05, 0) is 51.6 Å². The molecular weight excluding hydrogens is 334 g/mol. The van der Waals surface area contributed by atoms with E-state index in [0.717, 1.165) is 35.0 Å². The Morgan fingerprint density at radius 1 is 1.27 bits per heavy atom. The maximum absolute atomic E-state index is 12.4. The third kappa shape index (κ3) is 4.83. The van der Waals surface area contributed by atoms with Crippen molar-refractivity contribution in [3.8, 4) is 0 Å². The first kappa shape index (κ1) is 19.9. The van der Waals surface area contributed by atoms with Crippen molar-refractivity contribution in [1.29, 1.82) is 0 Å². The molecule has 1 aromatic carbocycles. The molecule has 0 radical (unpaired) electrons. The quantitative estimate of drug-likeness (QED) is 0.601. The van der Waals surface area contributed by atoms with Crippen LogP contribution < -0.4 is 5.73 Å². The average molecular weight is 361 g/mol. The van der Waals surface area contributed by atoms with Crippen molar-refractivity contribution in [2.75, 3.05) is 27.4 Å². The first-order valence-corrected chi connectivity index (χ1v) is 8.68. The van der Waals surface area contributed by atoms with Crippen LogP contribution in [0.3, 0.4) is 0 Å². The van der Waals surface area contributed by atoms with E-state index in [4.69, 9.17) is 15.2 Å². The second-order valence-electron chi connectivity index (χ2n) is 6.60. The molecule has 0 aliphatic rings. The summed E-state index contributed by atoms with van der Waals surface area (Å²) < 4.78 is 11.4. The highest BCUT2D eigenvalue weighted by molar-refractivity contribution is 5.92. The lowest BCUT2D eigenvalue weighted by molar-refractivity contribution is -0.153. The van der Waals surface area contributed by atoms with Crippen LogP contribution >= 0.6 is 0 Å². The third-order valence-corrected chi connectivity index (χ3v) is 4.19. The largest absolute Gasteiger partial charge is 0.427 e. The average Bonchev–Trinajstić information content (AvgIpc) is 2.96. The summed E-state index contributed by atoms with van der Waals surface area (Å²) in [6.45, 7) is 4.21. The van der Waals surface area contributed by atoms with Gasteiger partial charge in [-0.3, -0.25) is 9.36 Å². The molecule has 7 heteroatoms. The predicted molar refractivity (Wildman–Crippen MR) is 100 cm³/mol. The lowest BCUT2D eigenvalue weighted by Gasteiger charge is -2.10. The summed E-state index contributed by atoms with van der Waals surface area (Å²) in [4.78, 5) is 26.1. The van der Waals surface area contributed by atoms with E-state index in [9.17, 15) is 9.59 Å². The van der Waals surface area contributed by atoms with Gasteiger partial charge in [0.2, 0.25) is 6.79 Å². The van der Waals surface area contributed by atoms with Gasteiger partial charge >= 0.3 is 12.1 Å². The molecule has 7 nitrogen and oxygen atoms in total. The van der Waals surface area contributed by atoms with Gasteiger partial charge in [-0.15, -0.1) is 0 Å². The molecule has 2 rings (SSSR count). The van der Waals surface area contributed by atoms with Crippen LogP contribution in [0.25, 0.3) is 10.9 Å². The van der Waals surface area contributed by atoms with Gasteiger partial charge in [-0.2, -0.15) is 0 Å². The summed E-state index contributed by atoms with van der Waals surface area (Å²) in [5.41, 5.74) is 8.53. The molecule has 1 heterocycles. The first-order valence-electron chi connectivity index (χ1n) is 8.68. The molecule has 26 heavy (non-hydrogen) atoms. The number of aryl methyl sites for hydroxylation is 1. The number of benzene rings is 1. The summed E-state index contributed by atoms with van der Waals surface area (Å²) in [5.74, 6) is -0.583. The zero-order valence-corrected chi connectivity index (χ0v) is 15.8. The van der Waals surface area contributed by atoms with E-state index in [2.05, 4.69) is 11.0 Å². The van der Waals surface area contributed by atoms with E-state index in [0.29, 0.717) is 6.42 Å². The van der Waals surface area contributed by atoms with Gasteiger partial charge in [-0.1, -0.05) is 18.6 Å². The van der Waals surface area contributed by atoms with Crippen molar-refractivity contribution in [1.82, 2.24) is 9.47 Å². The number of hydrogen-bond acceptors (Lipinski definition) is 6. The zero-order chi connectivity index (χ0) is 19.3. The Morgan fingerprint density at radius 3 is 2.65 bits per heavy atom. The summed E-state index contributed by atoms with van der Waals surface area (Å²) >= 11 is 0. The van der Waals surface area contributed by atoms with Crippen molar-refractivity contribution >= 4 is 23.0 Å². The van der Waals surface area contributed by atoms with E-state index in [1.54, 1.807) is 13.1 Å². The van der Waals surface area contributed by atoms with Gasteiger partial charge < -0.3 is 20.1 Å². The molecule has 2 N–H and O–H groups in total. The maximum atomic E-state index is 12.4. The number of nitrogens with zero attached hydrogens (tertiary/aromatic N) is 2. The fourth-order valence-electron chi connectivity index (χ4n) is 2.59. The molecule has 1 unspecified atom stereocenters. The number of carbonyl (C=O) groups excluding carboxylic acids is 2. The van der Waals surface area contributed by atoms with E-state index in [1.165, 1.54) is 4.57 Å². The number of fused-ring (bicyclic) bond motifs is 1. The van der Waals surface area contributed by atoms with E-state index in [-0.39, 0.29) is 0 Å². The Labute approximate surface area is 153 Å². The topological polar surface area (TPSA) is 86.8 Å². The number of carbonyl (C=O) groups is 2. The number of rotatable bonds is 7. The molecule has 0 saturated carbocycles. The van der Waals surface area contributed by atoms with E-state index < -0.39 is 24.9 Å². The van der Waals surface area contributed by atoms with Gasteiger partial charge in [0.05, 0.1) is 5.52 Å². The molecule has 2 aromatic rings. The first-order chi connectivity index (χ1) is 12.3. The summed E-state index contributed by atoms with van der Waals surface area (Å²) in [6.07, 6.45) is 2.47. The molecule has 1 atom stereocenters. The molecule has 0 aliphatic carbocycles. The zero-order valence-electron chi connectivity index (χ0n) is 15.8. The number of ether oxygens (including phenoxy) is 2. The van der Waals surface area contributed by atoms with E-state index in [1.807, 2.05) is 33.2 Å². The second-order valence-corrected chi connectivity index (χ2v) is 6.60. The van der Waals surface area contributed by atoms with Crippen molar-refractivity contribution in [3.63, 3.8) is 0 Å². The van der Waals surface area contributed by atoms with E-state index >= 15 is 0 Å². The van der Waals surface area contributed by atoms with Crippen LogP contribution in [0.1, 0.15) is 24.5 Å². The summed E-state index contributed by atoms with van der Waals surface area (Å²) in [7, 11) is 4.02. The highest BCUT2D eigenvalue weighted by atomic mass is 16.7. The lowest BCUT2D eigenvalue weighted by atomic mass is 10.1. The Kier molecular flexibility index (Phi) is 6.76. The Morgan fingerprint density at radius 2 is 2.00 bits per heavy atom. The second kappa shape index (κ2) is 8.82. The third-order valence-electron chi connectivity index (χ3n) is 4.19. The van der Waals surface area contributed by atoms with Crippen molar-refractivity contribution < 1.29 is 19.1 Å². The molecule has 1 aromatic heterocycles. The molecule has 0 fully saturated rings. The van der Waals surface area contributed by atoms with Crippen LogP contribution in [-0.2, 0) is 20.7 Å². The number of esters is 1. The van der Waals surface area contributed by atoms with Gasteiger partial charge in [0, 0.05) is 18.1 Å². The molecule has 0 saturated heterocycles. The monoisotopic (exact) mass is 361 g/mol. The fraction of sp³-hybridized carbons (Fsp3) is 0.474. The molecule has 142 valence electrons. The van der Waals surface area contributed by atoms with Crippen LogP contribution in [0.2, 0.25) is 0 Å². The van der Waals surface area contributed by atoms with Gasteiger partial charge in [-0.25, -0.2) is 4.79 Å². The Hall–Kier alpha value is -2.38. The standard InChI is InChI=1S/C19H27N3O4/c1-5-16(20)18(23)25-12-26-19(24)22-11-14(8-9-21(3)4)15-10-13(2)6-7-17(15)22/h6-7,10-11,16H,5,8-9,12,20H2,1-4H3. The predicted octanol–water partition coefficient (Wildman–Crippen LogP) is 2.28. The fourth-order valence-corrected chi connectivity index (χ4v) is 2.59. The number of nitrogens with two attached hydrogens (primary N) is 1. The summed E-state index contributed by atoms with van der Waals surface area (Å²) in [6, 6.07) is 5.19. The van der Waals surface area contributed by atoms with Crippen LogP contribution in [0, 0.1) is 6.92 Å². The minimum Gasteiger partial charge on any atom is -0.427 e.